The Morgan fingerprint density at radius 3 is 2.38 bits per heavy atom. The van der Waals surface area contributed by atoms with Crippen LogP contribution in [0.15, 0.2) is 53.0 Å². The van der Waals surface area contributed by atoms with Gasteiger partial charge in [-0.1, -0.05) is 46.3 Å². The third-order valence-corrected chi connectivity index (χ3v) is 4.40. The fourth-order valence-corrected chi connectivity index (χ4v) is 2.56. The normalized spacial score (nSPS) is 10.2. The summed E-state index contributed by atoms with van der Waals surface area (Å²) in [5.41, 5.74) is 1.43. The van der Waals surface area contributed by atoms with E-state index in [0.29, 0.717) is 5.56 Å². The second kappa shape index (κ2) is 7.70. The molecule has 0 heterocycles. The minimum absolute atomic E-state index is 0.173. The van der Waals surface area contributed by atoms with Crippen LogP contribution in [0.4, 0.5) is 0 Å². The monoisotopic (exact) mass is 458 g/mol. The summed E-state index contributed by atoms with van der Waals surface area (Å²) in [5, 5.41) is 0. The molecule has 3 nitrogen and oxygen atoms in total. The number of hydrogen-bond acceptors (Lipinski definition) is 3. The van der Waals surface area contributed by atoms with Gasteiger partial charge in [0.15, 0.2) is 12.4 Å². The van der Waals surface area contributed by atoms with Gasteiger partial charge in [0.25, 0.3) is 0 Å². The lowest BCUT2D eigenvalue weighted by molar-refractivity contribution is -0.141. The van der Waals surface area contributed by atoms with Gasteiger partial charge in [-0.3, -0.25) is 9.59 Å². The van der Waals surface area contributed by atoms with Gasteiger partial charge >= 0.3 is 5.97 Å². The van der Waals surface area contributed by atoms with Crippen molar-refractivity contribution in [1.82, 2.24) is 0 Å². The van der Waals surface area contributed by atoms with Crippen molar-refractivity contribution in [1.29, 1.82) is 0 Å². The van der Waals surface area contributed by atoms with Crippen molar-refractivity contribution >= 4 is 50.3 Å². The van der Waals surface area contributed by atoms with Crippen LogP contribution >= 0.6 is 38.5 Å². The summed E-state index contributed by atoms with van der Waals surface area (Å²) in [5.74, 6) is -0.608. The molecule has 2 aromatic rings. The van der Waals surface area contributed by atoms with Gasteiger partial charge in [0, 0.05) is 13.6 Å². The van der Waals surface area contributed by atoms with E-state index in [-0.39, 0.29) is 18.8 Å². The Balaban J connectivity index is 1.88. The quantitative estimate of drug-likeness (QED) is 0.386. The number of benzene rings is 2. The molecular weight excluding hydrogens is 447 g/mol. The summed E-state index contributed by atoms with van der Waals surface area (Å²) in [6.07, 6.45) is 0.173. The average molecular weight is 459 g/mol. The number of rotatable bonds is 5. The Hall–Kier alpha value is -1.21. The highest BCUT2D eigenvalue weighted by molar-refractivity contribution is 14.1. The van der Waals surface area contributed by atoms with Gasteiger partial charge in [-0.15, -0.1) is 0 Å². The number of carbonyl (C=O) groups is 2. The Morgan fingerprint density at radius 1 is 1.05 bits per heavy atom. The van der Waals surface area contributed by atoms with Crippen molar-refractivity contribution in [3.63, 3.8) is 0 Å². The zero-order valence-corrected chi connectivity index (χ0v) is 14.8. The van der Waals surface area contributed by atoms with E-state index >= 15 is 0 Å². The first-order valence-electron chi connectivity index (χ1n) is 6.24. The molecular formula is C16H12BrIO3. The lowest BCUT2D eigenvalue weighted by atomic mass is 10.1. The van der Waals surface area contributed by atoms with Crippen molar-refractivity contribution in [3.05, 3.63) is 67.7 Å². The lowest BCUT2D eigenvalue weighted by Crippen LogP contribution is -2.16. The van der Waals surface area contributed by atoms with Crippen molar-refractivity contribution in [2.45, 2.75) is 6.42 Å². The minimum Gasteiger partial charge on any atom is -0.457 e. The highest BCUT2D eigenvalue weighted by Crippen LogP contribution is 2.13. The largest absolute Gasteiger partial charge is 0.457 e. The summed E-state index contributed by atoms with van der Waals surface area (Å²) < 4.78 is 6.95. The van der Waals surface area contributed by atoms with Crippen LogP contribution in [0.5, 0.6) is 0 Å². The van der Waals surface area contributed by atoms with E-state index in [2.05, 4.69) is 38.5 Å². The van der Waals surface area contributed by atoms with E-state index in [9.17, 15) is 9.59 Å². The smallest absolute Gasteiger partial charge is 0.310 e. The molecule has 0 unspecified atom stereocenters. The first-order valence-corrected chi connectivity index (χ1v) is 8.11. The van der Waals surface area contributed by atoms with Crippen LogP contribution in [0, 0.1) is 3.57 Å². The molecule has 21 heavy (non-hydrogen) atoms. The minimum atomic E-state index is -0.399. The van der Waals surface area contributed by atoms with Gasteiger partial charge < -0.3 is 4.74 Å². The van der Waals surface area contributed by atoms with E-state index in [1.165, 1.54) is 0 Å². The van der Waals surface area contributed by atoms with Crippen LogP contribution < -0.4 is 0 Å². The number of esters is 1. The number of hydrogen-bond donors (Lipinski definition) is 0. The SMILES string of the molecule is O=C(Cc1ccccc1I)OCC(=O)c1ccc(Br)cc1. The summed E-state index contributed by atoms with van der Waals surface area (Å²) >= 11 is 5.47. The van der Waals surface area contributed by atoms with Crippen LogP contribution in [0.25, 0.3) is 0 Å². The maximum Gasteiger partial charge on any atom is 0.310 e. The van der Waals surface area contributed by atoms with Crippen molar-refractivity contribution in [2.24, 2.45) is 0 Å². The molecule has 2 rings (SSSR count). The zero-order chi connectivity index (χ0) is 15.2. The average Bonchev–Trinajstić information content (AvgIpc) is 2.48. The third-order valence-electron chi connectivity index (χ3n) is 2.82. The second-order valence-electron chi connectivity index (χ2n) is 4.36. The van der Waals surface area contributed by atoms with Crippen molar-refractivity contribution < 1.29 is 14.3 Å². The van der Waals surface area contributed by atoms with Crippen molar-refractivity contribution in [2.75, 3.05) is 6.61 Å². The Labute approximate surface area is 145 Å². The summed E-state index contributed by atoms with van der Waals surface area (Å²) in [6.45, 7) is -0.232. The van der Waals surface area contributed by atoms with Crippen LogP contribution in [-0.2, 0) is 16.0 Å². The molecule has 5 heteroatoms. The Morgan fingerprint density at radius 2 is 1.71 bits per heavy atom. The van der Waals surface area contributed by atoms with Crippen LogP contribution in [-0.4, -0.2) is 18.4 Å². The first-order chi connectivity index (χ1) is 10.1. The maximum atomic E-state index is 11.9. The summed E-state index contributed by atoms with van der Waals surface area (Å²) in [7, 11) is 0. The van der Waals surface area contributed by atoms with E-state index < -0.39 is 5.97 Å². The Bertz CT molecular complexity index is 653. The van der Waals surface area contributed by atoms with Crippen LogP contribution in [0.1, 0.15) is 15.9 Å². The number of halogens is 2. The molecule has 0 bridgehead atoms. The number of ketones is 1. The predicted octanol–water partition coefficient (Wildman–Crippen LogP) is 4.02. The van der Waals surface area contributed by atoms with Gasteiger partial charge in [-0.2, -0.15) is 0 Å². The van der Waals surface area contributed by atoms with Crippen molar-refractivity contribution in [3.8, 4) is 0 Å². The number of ether oxygens (including phenoxy) is 1. The topological polar surface area (TPSA) is 43.4 Å². The molecule has 0 spiro atoms. The van der Waals surface area contributed by atoms with E-state index in [0.717, 1.165) is 13.6 Å². The lowest BCUT2D eigenvalue weighted by Gasteiger charge is -2.06. The van der Waals surface area contributed by atoms with Gasteiger partial charge in [-0.25, -0.2) is 0 Å². The van der Waals surface area contributed by atoms with Gasteiger partial charge in [-0.05, 0) is 46.4 Å². The Kier molecular flexibility index (Phi) is 5.93. The van der Waals surface area contributed by atoms with Gasteiger partial charge in [0.2, 0.25) is 0 Å². The van der Waals surface area contributed by atoms with Gasteiger partial charge in [0.1, 0.15) is 0 Å². The summed E-state index contributed by atoms with van der Waals surface area (Å²) in [6, 6.07) is 14.5. The van der Waals surface area contributed by atoms with E-state index in [1.54, 1.807) is 24.3 Å². The number of Topliss-reactive ketones (excluding diaryl/α,β-unsaturated/α-hetero) is 1. The molecule has 0 N–H and O–H groups in total. The molecule has 0 aliphatic carbocycles. The van der Waals surface area contributed by atoms with E-state index in [4.69, 9.17) is 4.74 Å². The maximum absolute atomic E-state index is 11.9. The van der Waals surface area contributed by atoms with Crippen LogP contribution in [0.2, 0.25) is 0 Å². The molecule has 0 aliphatic rings. The van der Waals surface area contributed by atoms with Gasteiger partial charge in [0.05, 0.1) is 6.42 Å². The molecule has 0 radical (unpaired) electrons. The molecule has 0 amide bonds. The fraction of sp³-hybridized carbons (Fsp3) is 0.125. The molecule has 2 aromatic carbocycles. The van der Waals surface area contributed by atoms with E-state index in [1.807, 2.05) is 24.3 Å². The van der Waals surface area contributed by atoms with Crippen LogP contribution in [0.3, 0.4) is 0 Å². The summed E-state index contributed by atoms with van der Waals surface area (Å²) in [4.78, 5) is 23.7. The standard InChI is InChI=1S/C16H12BrIO3/c17-13-7-5-11(6-8-13)15(19)10-21-16(20)9-12-3-1-2-4-14(12)18/h1-8H,9-10H2. The second-order valence-corrected chi connectivity index (χ2v) is 6.44. The molecule has 0 saturated carbocycles. The molecule has 108 valence electrons. The third kappa shape index (κ3) is 4.93. The molecule has 0 fully saturated rings. The molecule has 0 saturated heterocycles. The highest BCUT2D eigenvalue weighted by Gasteiger charge is 2.11. The first kappa shape index (κ1) is 16.2. The fourth-order valence-electron chi connectivity index (χ4n) is 1.71. The molecule has 0 aliphatic heterocycles. The molecule has 0 aromatic heterocycles. The number of carbonyl (C=O) groups excluding carboxylic acids is 2. The predicted molar refractivity (Wildman–Crippen MR) is 92.3 cm³/mol. The zero-order valence-electron chi connectivity index (χ0n) is 11.0. The molecule has 0 atom stereocenters. The highest BCUT2D eigenvalue weighted by atomic mass is 127.